The minimum Gasteiger partial charge on any atom is -0.490 e. The molecule has 1 unspecified atom stereocenters. The molecular weight excluding hydrogens is 247 g/mol. The number of carboxylic acid groups (broad SMARTS) is 1. The molecule has 0 aliphatic carbocycles. The Morgan fingerprint density at radius 2 is 2.26 bits per heavy atom. The van der Waals surface area contributed by atoms with Crippen molar-refractivity contribution in [1.29, 1.82) is 0 Å². The Morgan fingerprint density at radius 3 is 2.89 bits per heavy atom. The molecule has 19 heavy (non-hydrogen) atoms. The van der Waals surface area contributed by atoms with Gasteiger partial charge in [-0.15, -0.1) is 0 Å². The van der Waals surface area contributed by atoms with Crippen LogP contribution in [-0.4, -0.2) is 17.7 Å². The molecule has 0 heterocycles. The molecule has 0 radical (unpaired) electrons. The second-order valence-corrected chi connectivity index (χ2v) is 4.53. The zero-order valence-corrected chi connectivity index (χ0v) is 11.2. The molecule has 104 valence electrons. The van der Waals surface area contributed by atoms with Crippen molar-refractivity contribution in [2.45, 2.75) is 26.7 Å². The van der Waals surface area contributed by atoms with Crippen molar-refractivity contribution >= 4 is 12.0 Å². The molecular formula is C15H19FO3. The third-order valence-corrected chi connectivity index (χ3v) is 2.70. The third-order valence-electron chi connectivity index (χ3n) is 2.70. The van der Waals surface area contributed by atoms with E-state index in [1.807, 2.05) is 6.92 Å². The number of halogens is 1. The molecule has 0 bridgehead atoms. The summed E-state index contributed by atoms with van der Waals surface area (Å²) in [7, 11) is 0. The van der Waals surface area contributed by atoms with E-state index in [-0.39, 0.29) is 5.75 Å². The number of benzene rings is 1. The molecule has 0 saturated heterocycles. The molecule has 0 aliphatic heterocycles. The van der Waals surface area contributed by atoms with Crippen LogP contribution >= 0.6 is 0 Å². The Kier molecular flexibility index (Phi) is 6.06. The van der Waals surface area contributed by atoms with Crippen LogP contribution in [0, 0.1) is 11.7 Å². The van der Waals surface area contributed by atoms with Crippen LogP contribution < -0.4 is 4.74 Å². The van der Waals surface area contributed by atoms with Crippen molar-refractivity contribution in [1.82, 2.24) is 0 Å². The van der Waals surface area contributed by atoms with Gasteiger partial charge in [0.2, 0.25) is 0 Å². The highest BCUT2D eigenvalue weighted by atomic mass is 19.1. The Hall–Kier alpha value is -1.84. The number of carboxylic acids is 1. The number of carbonyl (C=O) groups is 1. The van der Waals surface area contributed by atoms with Gasteiger partial charge < -0.3 is 9.84 Å². The molecule has 0 aromatic heterocycles. The molecule has 0 amide bonds. The summed E-state index contributed by atoms with van der Waals surface area (Å²) in [5.41, 5.74) is 0.436. The average molecular weight is 266 g/mol. The quantitative estimate of drug-likeness (QED) is 0.765. The Balaban J connectivity index is 2.83. The predicted molar refractivity (Wildman–Crippen MR) is 72.6 cm³/mol. The fourth-order valence-electron chi connectivity index (χ4n) is 1.77. The summed E-state index contributed by atoms with van der Waals surface area (Å²) in [5, 5.41) is 8.60. The summed E-state index contributed by atoms with van der Waals surface area (Å²) >= 11 is 0. The lowest BCUT2D eigenvalue weighted by Crippen LogP contribution is -2.09. The van der Waals surface area contributed by atoms with Crippen LogP contribution in [0.3, 0.4) is 0 Å². The van der Waals surface area contributed by atoms with Crippen molar-refractivity contribution < 1.29 is 19.0 Å². The molecule has 1 rings (SSSR count). The van der Waals surface area contributed by atoms with E-state index < -0.39 is 11.8 Å². The molecule has 0 aliphatic rings. The maximum atomic E-state index is 13.7. The summed E-state index contributed by atoms with van der Waals surface area (Å²) in [6.45, 7) is 4.54. The minimum absolute atomic E-state index is 0.114. The second-order valence-electron chi connectivity index (χ2n) is 4.53. The summed E-state index contributed by atoms with van der Waals surface area (Å²) in [5.74, 6) is -1.10. The summed E-state index contributed by atoms with van der Waals surface area (Å²) in [4.78, 5) is 10.5. The van der Waals surface area contributed by atoms with Gasteiger partial charge in [0.1, 0.15) is 0 Å². The van der Waals surface area contributed by atoms with E-state index in [9.17, 15) is 9.18 Å². The van der Waals surface area contributed by atoms with E-state index in [1.54, 1.807) is 6.07 Å². The van der Waals surface area contributed by atoms with Gasteiger partial charge in [-0.1, -0.05) is 32.4 Å². The molecule has 1 N–H and O–H groups in total. The van der Waals surface area contributed by atoms with Crippen molar-refractivity contribution in [3.05, 3.63) is 35.7 Å². The van der Waals surface area contributed by atoms with Crippen LogP contribution in [-0.2, 0) is 4.79 Å². The van der Waals surface area contributed by atoms with Gasteiger partial charge in [0.25, 0.3) is 0 Å². The van der Waals surface area contributed by atoms with E-state index in [2.05, 4.69) is 6.92 Å². The first-order valence-corrected chi connectivity index (χ1v) is 6.37. The summed E-state index contributed by atoms with van der Waals surface area (Å²) in [6.07, 6.45) is 4.37. The van der Waals surface area contributed by atoms with Crippen LogP contribution in [0.25, 0.3) is 6.08 Å². The zero-order valence-electron chi connectivity index (χ0n) is 11.2. The molecule has 0 spiro atoms. The van der Waals surface area contributed by atoms with E-state index in [0.29, 0.717) is 18.1 Å². The average Bonchev–Trinajstić information content (AvgIpc) is 2.35. The van der Waals surface area contributed by atoms with Gasteiger partial charge in [-0.3, -0.25) is 0 Å². The molecule has 0 fully saturated rings. The van der Waals surface area contributed by atoms with Crippen molar-refractivity contribution in [2.24, 2.45) is 5.92 Å². The normalized spacial score (nSPS) is 12.6. The number of aliphatic carboxylic acids is 1. The van der Waals surface area contributed by atoms with Gasteiger partial charge in [0, 0.05) is 11.6 Å². The number of rotatable bonds is 7. The number of para-hydroxylation sites is 1. The Bertz CT molecular complexity index is 455. The highest BCUT2D eigenvalue weighted by molar-refractivity contribution is 5.85. The van der Waals surface area contributed by atoms with Crippen LogP contribution in [0.2, 0.25) is 0 Å². The lowest BCUT2D eigenvalue weighted by atomic mass is 10.1. The van der Waals surface area contributed by atoms with Gasteiger partial charge in [0.15, 0.2) is 11.6 Å². The summed E-state index contributed by atoms with van der Waals surface area (Å²) in [6, 6.07) is 4.46. The smallest absolute Gasteiger partial charge is 0.328 e. The summed E-state index contributed by atoms with van der Waals surface area (Å²) < 4.78 is 19.2. The minimum atomic E-state index is -1.07. The zero-order chi connectivity index (χ0) is 14.3. The first kappa shape index (κ1) is 15.2. The highest BCUT2D eigenvalue weighted by Crippen LogP contribution is 2.25. The number of ether oxygens (including phenoxy) is 1. The maximum absolute atomic E-state index is 13.7. The predicted octanol–water partition coefficient (Wildman–Crippen LogP) is 3.74. The fraction of sp³-hybridized carbons (Fsp3) is 0.400. The van der Waals surface area contributed by atoms with E-state index in [1.165, 1.54) is 18.2 Å². The topological polar surface area (TPSA) is 46.5 Å². The van der Waals surface area contributed by atoms with Crippen molar-refractivity contribution in [3.8, 4) is 5.75 Å². The Labute approximate surface area is 112 Å². The van der Waals surface area contributed by atoms with E-state index in [0.717, 1.165) is 18.9 Å². The molecule has 1 aromatic rings. The molecule has 3 nitrogen and oxygen atoms in total. The highest BCUT2D eigenvalue weighted by Gasteiger charge is 2.10. The Morgan fingerprint density at radius 1 is 1.53 bits per heavy atom. The number of hydrogen-bond acceptors (Lipinski definition) is 2. The van der Waals surface area contributed by atoms with Gasteiger partial charge >= 0.3 is 5.97 Å². The van der Waals surface area contributed by atoms with Crippen molar-refractivity contribution in [2.75, 3.05) is 6.61 Å². The third kappa shape index (κ3) is 5.12. The van der Waals surface area contributed by atoms with Gasteiger partial charge in [-0.25, -0.2) is 9.18 Å². The first-order valence-electron chi connectivity index (χ1n) is 6.37. The SMILES string of the molecule is CCCC(C)COc1c(F)cccc1/C=C/C(=O)O. The molecule has 1 aromatic carbocycles. The molecule has 4 heteroatoms. The lowest BCUT2D eigenvalue weighted by molar-refractivity contribution is -0.131. The van der Waals surface area contributed by atoms with Crippen LogP contribution in [0.15, 0.2) is 24.3 Å². The first-order chi connectivity index (χ1) is 9.04. The monoisotopic (exact) mass is 266 g/mol. The van der Waals surface area contributed by atoms with E-state index >= 15 is 0 Å². The fourth-order valence-corrected chi connectivity index (χ4v) is 1.77. The second kappa shape index (κ2) is 7.56. The van der Waals surface area contributed by atoms with Crippen LogP contribution in [0.5, 0.6) is 5.75 Å². The van der Waals surface area contributed by atoms with E-state index in [4.69, 9.17) is 9.84 Å². The van der Waals surface area contributed by atoms with Crippen molar-refractivity contribution in [3.63, 3.8) is 0 Å². The maximum Gasteiger partial charge on any atom is 0.328 e. The largest absolute Gasteiger partial charge is 0.490 e. The lowest BCUT2D eigenvalue weighted by Gasteiger charge is -2.14. The molecule has 1 atom stereocenters. The number of hydrogen-bond donors (Lipinski definition) is 1. The van der Waals surface area contributed by atoms with Gasteiger partial charge in [-0.2, -0.15) is 0 Å². The molecule has 0 saturated carbocycles. The standard InChI is InChI=1S/C15H19FO3/c1-3-5-11(2)10-19-15-12(8-9-14(17)18)6-4-7-13(15)16/h4,6-9,11H,3,5,10H2,1-2H3,(H,17,18)/b9-8+. The van der Waals surface area contributed by atoms with Crippen LogP contribution in [0.4, 0.5) is 4.39 Å². The van der Waals surface area contributed by atoms with Crippen LogP contribution in [0.1, 0.15) is 32.3 Å². The van der Waals surface area contributed by atoms with Gasteiger partial charge in [0.05, 0.1) is 6.61 Å². The van der Waals surface area contributed by atoms with Gasteiger partial charge in [-0.05, 0) is 24.5 Å².